The Kier molecular flexibility index (Phi) is 11.3. The van der Waals surface area contributed by atoms with E-state index in [4.69, 9.17) is 0 Å². The van der Waals surface area contributed by atoms with Gasteiger partial charge in [-0.2, -0.15) is 0 Å². The van der Waals surface area contributed by atoms with Crippen LogP contribution in [0.4, 0.5) is 5.69 Å². The Morgan fingerprint density at radius 1 is 0.875 bits per heavy atom. The Balaban J connectivity index is 2.02. The van der Waals surface area contributed by atoms with Crippen molar-refractivity contribution in [3.63, 3.8) is 0 Å². The van der Waals surface area contributed by atoms with Gasteiger partial charge in [0.05, 0.1) is 10.6 Å². The van der Waals surface area contributed by atoms with Crippen LogP contribution in [0.5, 0.6) is 0 Å². The van der Waals surface area contributed by atoms with Crippen LogP contribution in [0.15, 0.2) is 83.8 Å². The Bertz CT molecular complexity index is 1360. The van der Waals surface area contributed by atoms with Crippen LogP contribution in [0.1, 0.15) is 56.7 Å². The fourth-order valence-electron chi connectivity index (χ4n) is 4.58. The van der Waals surface area contributed by atoms with E-state index in [-0.39, 0.29) is 17.3 Å². The van der Waals surface area contributed by atoms with Gasteiger partial charge < -0.3 is 10.2 Å². The van der Waals surface area contributed by atoms with Gasteiger partial charge in [0.25, 0.3) is 10.0 Å². The van der Waals surface area contributed by atoms with Crippen molar-refractivity contribution in [1.82, 2.24) is 10.2 Å². The second-order valence-electron chi connectivity index (χ2n) is 9.92. The van der Waals surface area contributed by atoms with E-state index in [2.05, 4.69) is 5.32 Å². The summed E-state index contributed by atoms with van der Waals surface area (Å²) in [6.45, 7) is 8.18. The van der Waals surface area contributed by atoms with Gasteiger partial charge in [0, 0.05) is 13.1 Å². The first-order valence-electron chi connectivity index (χ1n) is 14.0. The zero-order valence-corrected chi connectivity index (χ0v) is 24.8. The Morgan fingerprint density at radius 3 is 2.17 bits per heavy atom. The second-order valence-corrected chi connectivity index (χ2v) is 11.8. The Morgan fingerprint density at radius 2 is 1.57 bits per heavy atom. The molecule has 0 aliphatic carbocycles. The minimum Gasteiger partial charge on any atom is -0.354 e. The van der Waals surface area contributed by atoms with Gasteiger partial charge in [0.2, 0.25) is 11.8 Å². The van der Waals surface area contributed by atoms with Crippen LogP contribution in [0.3, 0.4) is 0 Å². The molecule has 40 heavy (non-hydrogen) atoms. The Labute approximate surface area is 239 Å². The van der Waals surface area contributed by atoms with Crippen LogP contribution in [0, 0.1) is 6.92 Å². The van der Waals surface area contributed by atoms with Crippen molar-refractivity contribution in [3.8, 4) is 0 Å². The third-order valence-electron chi connectivity index (χ3n) is 6.89. The highest BCUT2D eigenvalue weighted by Gasteiger charge is 2.33. The largest absolute Gasteiger partial charge is 0.354 e. The number of rotatable bonds is 14. The number of nitrogens with one attached hydrogen (secondary N) is 1. The molecule has 0 aromatic heterocycles. The third-order valence-corrected chi connectivity index (χ3v) is 8.68. The van der Waals surface area contributed by atoms with Crippen LogP contribution in [-0.4, -0.2) is 44.3 Å². The number of hydrogen-bond donors (Lipinski definition) is 1. The van der Waals surface area contributed by atoms with Crippen LogP contribution >= 0.6 is 0 Å². The molecule has 0 spiro atoms. The van der Waals surface area contributed by atoms with E-state index in [0.29, 0.717) is 18.7 Å². The van der Waals surface area contributed by atoms with Gasteiger partial charge in [-0.3, -0.25) is 13.9 Å². The van der Waals surface area contributed by atoms with Gasteiger partial charge >= 0.3 is 0 Å². The van der Waals surface area contributed by atoms with Crippen LogP contribution < -0.4 is 9.62 Å². The SMILES string of the molecule is CCCCNC(=O)C(CC)N(Cc1cccc(C)c1)C(=O)CN(c1ccc(CC)cc1)S(=O)(=O)c1ccccc1. The average Bonchev–Trinajstić information content (AvgIpc) is 2.96. The van der Waals surface area contributed by atoms with E-state index in [9.17, 15) is 18.0 Å². The molecule has 8 heteroatoms. The first kappa shape index (κ1) is 30.9. The van der Waals surface area contributed by atoms with Crippen molar-refractivity contribution in [2.75, 3.05) is 17.4 Å². The number of carbonyl (C=O) groups is 2. The summed E-state index contributed by atoms with van der Waals surface area (Å²) >= 11 is 0. The lowest BCUT2D eigenvalue weighted by Crippen LogP contribution is -2.52. The molecule has 3 aromatic rings. The molecule has 3 rings (SSSR count). The molecule has 3 aromatic carbocycles. The van der Waals surface area contributed by atoms with Crippen molar-refractivity contribution in [3.05, 3.63) is 95.6 Å². The number of unbranched alkanes of at least 4 members (excludes halogenated alkanes) is 1. The molecule has 1 unspecified atom stereocenters. The van der Waals surface area contributed by atoms with E-state index in [1.54, 1.807) is 30.3 Å². The van der Waals surface area contributed by atoms with Gasteiger partial charge in [-0.15, -0.1) is 0 Å². The molecule has 0 aliphatic heterocycles. The molecule has 0 radical (unpaired) electrons. The maximum atomic E-state index is 14.1. The average molecular weight is 564 g/mol. The van der Waals surface area contributed by atoms with Crippen molar-refractivity contribution in [2.45, 2.75) is 70.9 Å². The highest BCUT2D eigenvalue weighted by Crippen LogP contribution is 2.25. The zero-order chi connectivity index (χ0) is 29.1. The third kappa shape index (κ3) is 7.94. The Hall–Kier alpha value is -3.65. The normalized spacial score (nSPS) is 12.0. The first-order valence-corrected chi connectivity index (χ1v) is 15.4. The number of sulfonamides is 1. The second kappa shape index (κ2) is 14.7. The molecule has 2 amide bonds. The summed E-state index contributed by atoms with van der Waals surface area (Å²) in [5.74, 6) is -0.681. The quantitative estimate of drug-likeness (QED) is 0.263. The van der Waals surface area contributed by atoms with Gasteiger partial charge in [0.1, 0.15) is 12.6 Å². The molecule has 0 fully saturated rings. The number of hydrogen-bond acceptors (Lipinski definition) is 4. The number of benzene rings is 3. The van der Waals surface area contributed by atoms with E-state index in [1.807, 2.05) is 64.1 Å². The maximum Gasteiger partial charge on any atom is 0.264 e. The zero-order valence-electron chi connectivity index (χ0n) is 24.0. The van der Waals surface area contributed by atoms with Crippen molar-refractivity contribution in [2.24, 2.45) is 0 Å². The van der Waals surface area contributed by atoms with Crippen molar-refractivity contribution in [1.29, 1.82) is 0 Å². The summed E-state index contributed by atoms with van der Waals surface area (Å²) in [6.07, 6.45) is 2.98. The lowest BCUT2D eigenvalue weighted by molar-refractivity contribution is -0.140. The highest BCUT2D eigenvalue weighted by atomic mass is 32.2. The van der Waals surface area contributed by atoms with Crippen LogP contribution in [0.25, 0.3) is 0 Å². The van der Waals surface area contributed by atoms with E-state index in [1.165, 1.54) is 17.0 Å². The predicted octanol–water partition coefficient (Wildman–Crippen LogP) is 5.48. The molecule has 1 atom stereocenters. The number of nitrogens with zero attached hydrogens (tertiary/aromatic N) is 2. The standard InChI is InChI=1S/C32H41N3O4S/c1-5-8-21-33-32(37)30(7-3)34(23-27-14-12-13-25(4)22-27)31(36)24-35(28-19-17-26(6-2)18-20-28)40(38,39)29-15-10-9-11-16-29/h9-20,22,30H,5-8,21,23-24H2,1-4H3,(H,33,37). The van der Waals surface area contributed by atoms with Gasteiger partial charge in [0.15, 0.2) is 0 Å². The molecular weight excluding hydrogens is 522 g/mol. The number of carbonyl (C=O) groups excluding carboxylic acids is 2. The number of amides is 2. The summed E-state index contributed by atoms with van der Waals surface area (Å²) in [5, 5.41) is 2.96. The smallest absolute Gasteiger partial charge is 0.264 e. The van der Waals surface area contributed by atoms with Gasteiger partial charge in [-0.05, 0) is 61.6 Å². The predicted molar refractivity (Wildman–Crippen MR) is 161 cm³/mol. The minimum atomic E-state index is -4.07. The molecule has 1 N–H and O–H groups in total. The molecule has 0 heterocycles. The summed E-state index contributed by atoms with van der Waals surface area (Å²) in [6, 6.07) is 22.3. The summed E-state index contributed by atoms with van der Waals surface area (Å²) in [5.41, 5.74) is 3.36. The molecule has 214 valence electrons. The molecular formula is C32H41N3O4S. The topological polar surface area (TPSA) is 86.8 Å². The molecule has 0 saturated heterocycles. The summed E-state index contributed by atoms with van der Waals surface area (Å²) < 4.78 is 28.9. The van der Waals surface area contributed by atoms with E-state index in [0.717, 1.165) is 40.3 Å². The van der Waals surface area contributed by atoms with Crippen LogP contribution in [-0.2, 0) is 32.6 Å². The first-order chi connectivity index (χ1) is 19.2. The highest BCUT2D eigenvalue weighted by molar-refractivity contribution is 7.92. The van der Waals surface area contributed by atoms with Gasteiger partial charge in [-0.25, -0.2) is 8.42 Å². The lowest BCUT2D eigenvalue weighted by Gasteiger charge is -2.33. The fourth-order valence-corrected chi connectivity index (χ4v) is 6.01. The maximum absolute atomic E-state index is 14.1. The van der Waals surface area contributed by atoms with E-state index >= 15 is 0 Å². The van der Waals surface area contributed by atoms with Gasteiger partial charge in [-0.1, -0.05) is 87.4 Å². The van der Waals surface area contributed by atoms with E-state index < -0.39 is 28.5 Å². The minimum absolute atomic E-state index is 0.0944. The van der Waals surface area contributed by atoms with Crippen molar-refractivity contribution >= 4 is 27.5 Å². The lowest BCUT2D eigenvalue weighted by atomic mass is 10.1. The summed E-state index contributed by atoms with van der Waals surface area (Å²) in [4.78, 5) is 29.0. The van der Waals surface area contributed by atoms with Crippen molar-refractivity contribution < 1.29 is 18.0 Å². The number of anilines is 1. The molecule has 0 bridgehead atoms. The molecule has 7 nitrogen and oxygen atoms in total. The molecule has 0 saturated carbocycles. The monoisotopic (exact) mass is 563 g/mol. The number of aryl methyl sites for hydroxylation is 2. The molecule has 0 aliphatic rings. The fraction of sp³-hybridized carbons (Fsp3) is 0.375. The summed E-state index contributed by atoms with van der Waals surface area (Å²) in [7, 11) is -4.07. The van der Waals surface area contributed by atoms with Crippen LogP contribution in [0.2, 0.25) is 0 Å².